The summed E-state index contributed by atoms with van der Waals surface area (Å²) < 4.78 is 19.6. The van der Waals surface area contributed by atoms with Crippen molar-refractivity contribution in [2.45, 2.75) is 76.5 Å². The van der Waals surface area contributed by atoms with Gasteiger partial charge in [0.15, 0.2) is 14.0 Å². The van der Waals surface area contributed by atoms with E-state index in [-0.39, 0.29) is 22.0 Å². The van der Waals surface area contributed by atoms with Crippen LogP contribution >= 0.6 is 23.2 Å². The van der Waals surface area contributed by atoms with Gasteiger partial charge in [0.1, 0.15) is 5.60 Å². The Balaban J connectivity index is 1.42. The third kappa shape index (κ3) is 5.71. The van der Waals surface area contributed by atoms with Gasteiger partial charge in [-0.1, -0.05) is 80.4 Å². The number of halogens is 2. The Morgan fingerprint density at radius 3 is 2.05 bits per heavy atom. The van der Waals surface area contributed by atoms with Gasteiger partial charge in [0.25, 0.3) is 5.91 Å². The van der Waals surface area contributed by atoms with Gasteiger partial charge in [-0.2, -0.15) is 0 Å². The Morgan fingerprint density at radius 1 is 0.907 bits per heavy atom. The maximum Gasteiger partial charge on any atom is 0.257 e. The molecule has 3 aromatic carbocycles. The number of hydrogen-bond acceptors (Lipinski definition) is 4. The molecule has 0 spiro atoms. The second-order valence-electron chi connectivity index (χ2n) is 14.3. The predicted molar refractivity (Wildman–Crippen MR) is 174 cm³/mol. The summed E-state index contributed by atoms with van der Waals surface area (Å²) in [6.45, 7) is 15.6. The van der Waals surface area contributed by atoms with Crippen molar-refractivity contribution >= 4 is 37.4 Å². The molecule has 2 aliphatic heterocycles. The number of hydrogen-bond donors (Lipinski definition) is 0. The Morgan fingerprint density at radius 2 is 1.49 bits per heavy atom. The molecule has 228 valence electrons. The van der Waals surface area contributed by atoms with Gasteiger partial charge in [0, 0.05) is 45.3 Å². The highest BCUT2D eigenvalue weighted by Crippen LogP contribution is 2.53. The summed E-state index contributed by atoms with van der Waals surface area (Å²) in [5, 5.41) is 1.41. The van der Waals surface area contributed by atoms with E-state index in [2.05, 4.69) is 52.9 Å². The van der Waals surface area contributed by atoms with E-state index >= 15 is 0 Å². The molecular formula is C35H41Cl2NO4Si. The van der Waals surface area contributed by atoms with Crippen molar-refractivity contribution in [3.05, 3.63) is 105 Å². The number of amides is 1. The fraction of sp³-hybridized carbons (Fsp3) is 0.457. The van der Waals surface area contributed by atoms with Crippen molar-refractivity contribution in [1.82, 2.24) is 4.90 Å². The number of fused-ring (bicyclic) bond motifs is 1. The lowest BCUT2D eigenvalue weighted by molar-refractivity contribution is -0.128. The molecule has 5 nitrogen and oxygen atoms in total. The number of rotatable bonds is 10. The number of epoxide rings is 1. The molecule has 1 saturated carbocycles. The largest absolute Gasteiger partial charge is 0.416 e. The lowest BCUT2D eigenvalue weighted by Crippen LogP contribution is -2.48. The molecule has 1 amide bonds. The molecule has 8 heteroatoms. The molecule has 3 aliphatic rings. The van der Waals surface area contributed by atoms with E-state index in [0.29, 0.717) is 42.0 Å². The third-order valence-electron chi connectivity index (χ3n) is 10.0. The zero-order chi connectivity index (χ0) is 30.8. The first-order valence-corrected chi connectivity index (χ1v) is 18.7. The molecule has 43 heavy (non-hydrogen) atoms. The number of nitrogens with zero attached hydrogens (tertiary/aromatic N) is 1. The van der Waals surface area contributed by atoms with Crippen molar-refractivity contribution in [1.29, 1.82) is 0 Å². The van der Waals surface area contributed by atoms with E-state index in [1.54, 1.807) is 0 Å². The van der Waals surface area contributed by atoms with Gasteiger partial charge in [-0.25, -0.2) is 0 Å². The number of carbonyl (C=O) groups is 1. The van der Waals surface area contributed by atoms with Crippen molar-refractivity contribution in [3.8, 4) is 0 Å². The lowest BCUT2D eigenvalue weighted by Gasteiger charge is -2.41. The van der Waals surface area contributed by atoms with Gasteiger partial charge in [0.2, 0.25) is 0 Å². The van der Waals surface area contributed by atoms with E-state index in [4.69, 9.17) is 37.1 Å². The average molecular weight is 639 g/mol. The fourth-order valence-corrected chi connectivity index (χ4v) is 6.90. The summed E-state index contributed by atoms with van der Waals surface area (Å²) in [5.74, 6) is -0.0756. The van der Waals surface area contributed by atoms with Crippen LogP contribution in [0.1, 0.15) is 73.1 Å². The molecule has 0 bridgehead atoms. The van der Waals surface area contributed by atoms with Crippen LogP contribution in [-0.2, 0) is 31.8 Å². The first-order valence-electron chi connectivity index (χ1n) is 15.1. The molecule has 2 fully saturated rings. The quantitative estimate of drug-likeness (QED) is 0.164. The van der Waals surface area contributed by atoms with Crippen molar-refractivity contribution < 1.29 is 18.7 Å². The molecule has 2 atom stereocenters. The first kappa shape index (κ1) is 30.8. The molecule has 0 aromatic heterocycles. The smallest absolute Gasteiger partial charge is 0.257 e. The molecule has 3 aromatic rings. The predicted octanol–water partition coefficient (Wildman–Crippen LogP) is 8.91. The van der Waals surface area contributed by atoms with Crippen LogP contribution in [0.4, 0.5) is 0 Å². The van der Waals surface area contributed by atoms with Crippen LogP contribution in [0.25, 0.3) is 0 Å². The standard InChI is InChI=1S/C35H41Cl2NO4Si/c1-32(2,3)43(5,6)42-23-34(17-18-34)22-41-35(25-9-14-28(37)15-10-25)30-16-11-26(33(4)21-40-33)19-29(30)31(39)38(35)20-24-7-12-27(36)13-8-24/h7-16,19H,17-18,20-23H2,1-6H3/t33-,35?/m0/s1. The van der Waals surface area contributed by atoms with Gasteiger partial charge >= 0.3 is 0 Å². The molecule has 1 aliphatic carbocycles. The zero-order valence-corrected chi connectivity index (χ0v) is 28.4. The Hall–Kier alpha value is -2.19. The Labute approximate surface area is 266 Å². The summed E-state index contributed by atoms with van der Waals surface area (Å²) in [6, 6.07) is 21.5. The second-order valence-corrected chi connectivity index (χ2v) is 20.0. The van der Waals surface area contributed by atoms with Gasteiger partial charge in [-0.15, -0.1) is 0 Å². The molecule has 6 rings (SSSR count). The number of ether oxygens (including phenoxy) is 2. The van der Waals surface area contributed by atoms with E-state index in [1.165, 1.54) is 0 Å². The average Bonchev–Trinajstić information content (AvgIpc) is 3.89. The van der Waals surface area contributed by atoms with Crippen LogP contribution in [0.5, 0.6) is 0 Å². The zero-order valence-electron chi connectivity index (χ0n) is 25.9. The topological polar surface area (TPSA) is 51.3 Å². The third-order valence-corrected chi connectivity index (χ3v) is 15.0. The van der Waals surface area contributed by atoms with E-state index < -0.39 is 14.0 Å². The maximum atomic E-state index is 14.5. The van der Waals surface area contributed by atoms with E-state index in [0.717, 1.165) is 35.1 Å². The lowest BCUT2D eigenvalue weighted by atomic mass is 9.90. The SMILES string of the molecule is CC(C)(C)[Si](C)(C)OCC1(COC2(c3ccc(Cl)cc3)c3ccc([C@]4(C)CO4)cc3C(=O)N2Cc2ccc(Cl)cc2)CC1. The van der Waals surface area contributed by atoms with Gasteiger partial charge < -0.3 is 13.9 Å². The van der Waals surface area contributed by atoms with Crippen LogP contribution in [0, 0.1) is 5.41 Å². The van der Waals surface area contributed by atoms with Crippen molar-refractivity contribution in [2.24, 2.45) is 5.41 Å². The van der Waals surface area contributed by atoms with Crippen LogP contribution in [-0.4, -0.2) is 38.9 Å². The van der Waals surface area contributed by atoms with Crippen LogP contribution < -0.4 is 0 Å². The minimum absolute atomic E-state index is 0.0756. The van der Waals surface area contributed by atoms with E-state index in [1.807, 2.05) is 59.5 Å². The monoisotopic (exact) mass is 637 g/mol. The molecule has 2 heterocycles. The molecule has 0 N–H and O–H groups in total. The number of benzene rings is 3. The summed E-state index contributed by atoms with van der Waals surface area (Å²) in [7, 11) is -1.94. The van der Waals surface area contributed by atoms with E-state index in [9.17, 15) is 4.79 Å². The fourth-order valence-electron chi connectivity index (χ4n) is 5.55. The van der Waals surface area contributed by atoms with Crippen molar-refractivity contribution in [3.63, 3.8) is 0 Å². The normalized spacial score (nSPS) is 24.3. The Bertz CT molecular complexity index is 1520. The van der Waals surface area contributed by atoms with Gasteiger partial charge in [-0.05, 0) is 79.4 Å². The maximum absolute atomic E-state index is 14.5. The van der Waals surface area contributed by atoms with Crippen LogP contribution in [0.3, 0.4) is 0 Å². The summed E-state index contributed by atoms with van der Waals surface area (Å²) >= 11 is 12.6. The minimum Gasteiger partial charge on any atom is -0.416 e. The minimum atomic E-state index is -1.94. The van der Waals surface area contributed by atoms with Gasteiger partial charge in [0.05, 0.1) is 13.2 Å². The summed E-state index contributed by atoms with van der Waals surface area (Å²) in [5.41, 5.74) is 2.72. The second kappa shape index (κ2) is 10.7. The molecule has 0 radical (unpaired) electrons. The molecular weight excluding hydrogens is 597 g/mol. The van der Waals surface area contributed by atoms with Crippen LogP contribution in [0.15, 0.2) is 66.7 Å². The Kier molecular flexibility index (Phi) is 7.68. The van der Waals surface area contributed by atoms with Gasteiger partial charge in [-0.3, -0.25) is 9.69 Å². The first-order chi connectivity index (χ1) is 20.2. The summed E-state index contributed by atoms with van der Waals surface area (Å²) in [6.07, 6.45) is 2.07. The highest BCUT2D eigenvalue weighted by atomic mass is 35.5. The molecule has 1 unspecified atom stereocenters. The summed E-state index contributed by atoms with van der Waals surface area (Å²) in [4.78, 5) is 16.3. The molecule has 1 saturated heterocycles. The van der Waals surface area contributed by atoms with Crippen molar-refractivity contribution in [2.75, 3.05) is 19.8 Å². The highest BCUT2D eigenvalue weighted by molar-refractivity contribution is 6.74. The highest BCUT2D eigenvalue weighted by Gasteiger charge is 2.56. The van der Waals surface area contributed by atoms with Crippen LogP contribution in [0.2, 0.25) is 28.2 Å². The number of carbonyl (C=O) groups excluding carboxylic acids is 1.